The second kappa shape index (κ2) is 3.79. The SMILES string of the molecule is Cc1nccc2c3ccccc3c3ccccc3c12. The topological polar surface area (TPSA) is 12.9 Å². The highest BCUT2D eigenvalue weighted by atomic mass is 14.7. The first-order chi connectivity index (χ1) is 9.36. The van der Waals surface area contributed by atoms with E-state index in [2.05, 4.69) is 66.5 Å². The van der Waals surface area contributed by atoms with Crippen LogP contribution in [-0.4, -0.2) is 4.98 Å². The lowest BCUT2D eigenvalue weighted by Crippen LogP contribution is -1.87. The molecule has 0 aliphatic rings. The molecule has 0 N–H and O–H groups in total. The van der Waals surface area contributed by atoms with Crippen LogP contribution >= 0.6 is 0 Å². The second-order valence-corrected chi connectivity index (χ2v) is 4.91. The molecule has 1 nitrogen and oxygen atoms in total. The molecule has 0 bridgehead atoms. The van der Waals surface area contributed by atoms with Crippen LogP contribution < -0.4 is 0 Å². The van der Waals surface area contributed by atoms with Gasteiger partial charge in [-0.15, -0.1) is 0 Å². The normalized spacial score (nSPS) is 11.4. The van der Waals surface area contributed by atoms with Gasteiger partial charge in [-0.2, -0.15) is 0 Å². The van der Waals surface area contributed by atoms with Crippen LogP contribution in [0, 0.1) is 6.92 Å². The van der Waals surface area contributed by atoms with Gasteiger partial charge in [0.1, 0.15) is 0 Å². The first-order valence-electron chi connectivity index (χ1n) is 6.51. The summed E-state index contributed by atoms with van der Waals surface area (Å²) in [5.41, 5.74) is 1.10. The van der Waals surface area contributed by atoms with Crippen molar-refractivity contribution >= 4 is 32.3 Å². The van der Waals surface area contributed by atoms with Crippen molar-refractivity contribution < 1.29 is 0 Å². The molecule has 0 fully saturated rings. The fraction of sp³-hybridized carbons (Fsp3) is 0.0556. The molecule has 1 heteroatoms. The first-order valence-corrected chi connectivity index (χ1v) is 6.51. The zero-order valence-corrected chi connectivity index (χ0v) is 10.7. The molecule has 1 aromatic heterocycles. The van der Waals surface area contributed by atoms with Crippen LogP contribution in [0.1, 0.15) is 5.69 Å². The number of hydrogen-bond acceptors (Lipinski definition) is 1. The van der Waals surface area contributed by atoms with Crippen molar-refractivity contribution in [3.63, 3.8) is 0 Å². The summed E-state index contributed by atoms with van der Waals surface area (Å²) in [7, 11) is 0. The van der Waals surface area contributed by atoms with Gasteiger partial charge in [-0.3, -0.25) is 4.98 Å². The van der Waals surface area contributed by atoms with E-state index in [0.29, 0.717) is 0 Å². The molecule has 0 spiro atoms. The van der Waals surface area contributed by atoms with Gasteiger partial charge in [0.05, 0.1) is 0 Å². The Kier molecular flexibility index (Phi) is 2.10. The van der Waals surface area contributed by atoms with Gasteiger partial charge in [-0.05, 0) is 39.9 Å². The minimum atomic E-state index is 1.10. The Hall–Kier alpha value is -2.41. The lowest BCUT2D eigenvalue weighted by Gasteiger charge is -2.11. The summed E-state index contributed by atoms with van der Waals surface area (Å²) in [6.07, 6.45) is 1.90. The van der Waals surface area contributed by atoms with Crippen LogP contribution in [0.15, 0.2) is 60.8 Å². The van der Waals surface area contributed by atoms with Crippen molar-refractivity contribution in [1.29, 1.82) is 0 Å². The molecule has 0 amide bonds. The number of aromatic nitrogens is 1. The highest BCUT2D eigenvalue weighted by Gasteiger charge is 2.09. The largest absolute Gasteiger partial charge is 0.261 e. The van der Waals surface area contributed by atoms with E-state index >= 15 is 0 Å². The van der Waals surface area contributed by atoms with E-state index in [1.807, 2.05) is 6.20 Å². The van der Waals surface area contributed by atoms with Crippen LogP contribution in [0.3, 0.4) is 0 Å². The second-order valence-electron chi connectivity index (χ2n) is 4.91. The lowest BCUT2D eigenvalue weighted by molar-refractivity contribution is 1.24. The molecule has 0 aliphatic carbocycles. The average molecular weight is 243 g/mol. The molecule has 0 saturated carbocycles. The number of pyridine rings is 1. The third-order valence-corrected chi connectivity index (χ3v) is 3.84. The van der Waals surface area contributed by atoms with Crippen LogP contribution in [0.25, 0.3) is 32.3 Å². The van der Waals surface area contributed by atoms with Gasteiger partial charge in [0.15, 0.2) is 0 Å². The third kappa shape index (κ3) is 1.39. The lowest BCUT2D eigenvalue weighted by atomic mass is 9.94. The average Bonchev–Trinajstić information content (AvgIpc) is 2.47. The number of fused-ring (bicyclic) bond motifs is 6. The van der Waals surface area contributed by atoms with E-state index in [9.17, 15) is 0 Å². The molecular formula is C18H13N. The fourth-order valence-electron chi connectivity index (χ4n) is 3.02. The number of aryl methyl sites for hydroxylation is 1. The molecule has 0 unspecified atom stereocenters. The summed E-state index contributed by atoms with van der Waals surface area (Å²) in [6.45, 7) is 2.09. The fourth-order valence-corrected chi connectivity index (χ4v) is 3.02. The third-order valence-electron chi connectivity index (χ3n) is 3.84. The van der Waals surface area contributed by atoms with E-state index in [-0.39, 0.29) is 0 Å². The molecular weight excluding hydrogens is 230 g/mol. The maximum absolute atomic E-state index is 4.46. The maximum atomic E-state index is 4.46. The zero-order valence-electron chi connectivity index (χ0n) is 10.7. The standard InChI is InChI=1S/C18H13N/c1-12-18-16-9-5-4-7-14(16)13-6-2-3-8-15(13)17(18)10-11-19-12/h2-11H,1H3. The molecule has 3 aromatic carbocycles. The summed E-state index contributed by atoms with van der Waals surface area (Å²) >= 11 is 0. The summed E-state index contributed by atoms with van der Waals surface area (Å²) in [5.74, 6) is 0. The van der Waals surface area contributed by atoms with E-state index in [4.69, 9.17) is 0 Å². The van der Waals surface area contributed by atoms with Crippen LogP contribution in [0.5, 0.6) is 0 Å². The summed E-state index contributed by atoms with van der Waals surface area (Å²) in [4.78, 5) is 4.46. The van der Waals surface area contributed by atoms with E-state index in [0.717, 1.165) is 5.69 Å². The van der Waals surface area contributed by atoms with Crippen LogP contribution in [0.2, 0.25) is 0 Å². The van der Waals surface area contributed by atoms with Crippen molar-refractivity contribution in [3.8, 4) is 0 Å². The maximum Gasteiger partial charge on any atom is 0.0457 e. The Morgan fingerprint density at radius 3 is 1.74 bits per heavy atom. The summed E-state index contributed by atoms with van der Waals surface area (Å²) in [6, 6.07) is 19.3. The molecule has 90 valence electrons. The highest BCUT2D eigenvalue weighted by molar-refractivity contribution is 6.25. The quantitative estimate of drug-likeness (QED) is 0.402. The Balaban J connectivity index is 2.48. The highest BCUT2D eigenvalue weighted by Crippen LogP contribution is 2.35. The summed E-state index contributed by atoms with van der Waals surface area (Å²) in [5, 5.41) is 7.79. The van der Waals surface area contributed by atoms with Crippen molar-refractivity contribution in [3.05, 3.63) is 66.5 Å². The molecule has 0 saturated heterocycles. The number of rotatable bonds is 0. The molecule has 4 rings (SSSR count). The van der Waals surface area contributed by atoms with Gasteiger partial charge in [-0.1, -0.05) is 48.5 Å². The van der Waals surface area contributed by atoms with Crippen LogP contribution in [-0.2, 0) is 0 Å². The minimum Gasteiger partial charge on any atom is -0.261 e. The van der Waals surface area contributed by atoms with Crippen molar-refractivity contribution in [2.75, 3.05) is 0 Å². The van der Waals surface area contributed by atoms with Gasteiger partial charge < -0.3 is 0 Å². The zero-order chi connectivity index (χ0) is 12.8. The van der Waals surface area contributed by atoms with Gasteiger partial charge in [0.2, 0.25) is 0 Å². The summed E-state index contributed by atoms with van der Waals surface area (Å²) < 4.78 is 0. The monoisotopic (exact) mass is 243 g/mol. The minimum absolute atomic E-state index is 1.10. The van der Waals surface area contributed by atoms with E-state index in [1.165, 1.54) is 32.3 Å². The van der Waals surface area contributed by atoms with E-state index < -0.39 is 0 Å². The smallest absolute Gasteiger partial charge is 0.0457 e. The van der Waals surface area contributed by atoms with Gasteiger partial charge in [0, 0.05) is 17.3 Å². The first kappa shape index (κ1) is 10.5. The number of hydrogen-bond donors (Lipinski definition) is 0. The molecule has 0 atom stereocenters. The predicted molar refractivity (Wildman–Crippen MR) is 81.5 cm³/mol. The molecule has 0 aliphatic heterocycles. The van der Waals surface area contributed by atoms with Gasteiger partial charge in [-0.25, -0.2) is 0 Å². The Morgan fingerprint density at radius 1 is 0.632 bits per heavy atom. The van der Waals surface area contributed by atoms with E-state index in [1.54, 1.807) is 0 Å². The van der Waals surface area contributed by atoms with Crippen molar-refractivity contribution in [2.24, 2.45) is 0 Å². The van der Waals surface area contributed by atoms with Crippen LogP contribution in [0.4, 0.5) is 0 Å². The van der Waals surface area contributed by atoms with Gasteiger partial charge >= 0.3 is 0 Å². The molecule has 0 radical (unpaired) electrons. The predicted octanol–water partition coefficient (Wildman–Crippen LogP) is 4.85. The number of nitrogens with zero attached hydrogens (tertiary/aromatic N) is 1. The van der Waals surface area contributed by atoms with Crippen molar-refractivity contribution in [2.45, 2.75) is 6.92 Å². The Bertz CT molecular complexity index is 877. The van der Waals surface area contributed by atoms with Gasteiger partial charge in [0.25, 0.3) is 0 Å². The Labute approximate surface area is 111 Å². The molecule has 19 heavy (non-hydrogen) atoms. The molecule has 1 heterocycles. The van der Waals surface area contributed by atoms with Crippen molar-refractivity contribution in [1.82, 2.24) is 4.98 Å². The Morgan fingerprint density at radius 2 is 1.11 bits per heavy atom. The molecule has 4 aromatic rings. The number of benzene rings is 3.